The second-order valence-corrected chi connectivity index (χ2v) is 7.21. The van der Waals surface area contributed by atoms with Gasteiger partial charge in [-0.15, -0.1) is 0 Å². The smallest absolute Gasteiger partial charge is 0.266 e. The van der Waals surface area contributed by atoms with Gasteiger partial charge < -0.3 is 10.2 Å². The van der Waals surface area contributed by atoms with Crippen LogP contribution in [0.3, 0.4) is 0 Å². The minimum atomic E-state index is -0.490. The number of rotatable bonds is 4. The fraction of sp³-hybridized carbons (Fsp3) is 0.238. The molecule has 0 atom stereocenters. The summed E-state index contributed by atoms with van der Waals surface area (Å²) in [6.45, 7) is 2.15. The van der Waals surface area contributed by atoms with Gasteiger partial charge in [0.25, 0.3) is 5.91 Å². The number of nitrogens with one attached hydrogen (secondary N) is 1. The van der Waals surface area contributed by atoms with E-state index in [0.717, 1.165) is 18.7 Å². The van der Waals surface area contributed by atoms with E-state index >= 15 is 0 Å². The molecular formula is C21H19Cl2N3O. The standard InChI is InChI=1S/C21H19Cl2N3O/c22-19-9-6-17(13-20(19)23)25-21(27)16(14-24)12-15-4-7-18(8-5-15)26-10-2-1-3-11-26/h4-9,12-13H,1-3,10-11H2,(H,25,27)/b16-12+. The van der Waals surface area contributed by atoms with E-state index in [1.54, 1.807) is 24.3 Å². The van der Waals surface area contributed by atoms with Crippen molar-refractivity contribution in [2.45, 2.75) is 19.3 Å². The maximum atomic E-state index is 12.4. The van der Waals surface area contributed by atoms with Gasteiger partial charge in [-0.25, -0.2) is 0 Å². The van der Waals surface area contributed by atoms with Crippen molar-refractivity contribution in [1.29, 1.82) is 5.26 Å². The number of carbonyl (C=O) groups is 1. The Balaban J connectivity index is 1.72. The van der Waals surface area contributed by atoms with Crippen molar-refractivity contribution < 1.29 is 4.79 Å². The van der Waals surface area contributed by atoms with Crippen molar-refractivity contribution in [2.24, 2.45) is 0 Å². The molecular weight excluding hydrogens is 381 g/mol. The van der Waals surface area contributed by atoms with Gasteiger partial charge in [0.1, 0.15) is 11.6 Å². The zero-order valence-corrected chi connectivity index (χ0v) is 16.2. The number of hydrogen-bond donors (Lipinski definition) is 1. The average Bonchev–Trinajstić information content (AvgIpc) is 2.70. The predicted molar refractivity (Wildman–Crippen MR) is 111 cm³/mol. The molecule has 1 amide bonds. The molecule has 0 spiro atoms. The molecule has 1 fully saturated rings. The summed E-state index contributed by atoms with van der Waals surface area (Å²) in [6.07, 6.45) is 5.30. The molecule has 6 heteroatoms. The second-order valence-electron chi connectivity index (χ2n) is 6.39. The summed E-state index contributed by atoms with van der Waals surface area (Å²) in [5, 5.41) is 12.8. The summed E-state index contributed by atoms with van der Waals surface area (Å²) in [4.78, 5) is 14.7. The van der Waals surface area contributed by atoms with Gasteiger partial charge in [0.2, 0.25) is 0 Å². The molecule has 0 radical (unpaired) electrons. The molecule has 1 saturated heterocycles. The molecule has 1 aliphatic heterocycles. The highest BCUT2D eigenvalue weighted by Crippen LogP contribution is 2.25. The van der Waals surface area contributed by atoms with Gasteiger partial charge in [0, 0.05) is 24.5 Å². The number of nitrogens with zero attached hydrogens (tertiary/aromatic N) is 2. The van der Waals surface area contributed by atoms with Gasteiger partial charge in [-0.1, -0.05) is 35.3 Å². The first-order valence-corrected chi connectivity index (χ1v) is 9.55. The van der Waals surface area contributed by atoms with Crippen molar-refractivity contribution >= 4 is 46.6 Å². The van der Waals surface area contributed by atoms with Gasteiger partial charge >= 0.3 is 0 Å². The van der Waals surface area contributed by atoms with Crippen LogP contribution in [0.1, 0.15) is 24.8 Å². The number of anilines is 2. The topological polar surface area (TPSA) is 56.1 Å². The van der Waals surface area contributed by atoms with Crippen LogP contribution < -0.4 is 10.2 Å². The normalized spacial score (nSPS) is 14.6. The number of nitriles is 1. The fourth-order valence-corrected chi connectivity index (χ4v) is 3.32. The first kappa shape index (κ1) is 19.3. The molecule has 4 nitrogen and oxygen atoms in total. The number of carbonyl (C=O) groups excluding carboxylic acids is 1. The van der Waals surface area contributed by atoms with Gasteiger partial charge in [-0.05, 0) is 61.2 Å². The summed E-state index contributed by atoms with van der Waals surface area (Å²) in [5.41, 5.74) is 2.48. The van der Waals surface area contributed by atoms with E-state index < -0.39 is 5.91 Å². The third-order valence-electron chi connectivity index (χ3n) is 4.47. The van der Waals surface area contributed by atoms with Crippen molar-refractivity contribution in [3.8, 4) is 6.07 Å². The number of amides is 1. The van der Waals surface area contributed by atoms with E-state index in [-0.39, 0.29) is 5.57 Å². The number of benzene rings is 2. The molecule has 1 aliphatic rings. The lowest BCUT2D eigenvalue weighted by atomic mass is 10.1. The summed E-state index contributed by atoms with van der Waals surface area (Å²) < 4.78 is 0. The number of piperidine rings is 1. The Hall–Kier alpha value is -2.48. The summed E-state index contributed by atoms with van der Waals surface area (Å²) in [5.74, 6) is -0.490. The quantitative estimate of drug-likeness (QED) is 0.542. The van der Waals surface area contributed by atoms with Gasteiger partial charge in [0.15, 0.2) is 0 Å². The molecule has 0 aromatic heterocycles. The molecule has 27 heavy (non-hydrogen) atoms. The predicted octanol–water partition coefficient (Wildman–Crippen LogP) is 5.53. The molecule has 0 aliphatic carbocycles. The molecule has 3 rings (SSSR count). The van der Waals surface area contributed by atoms with Crippen molar-refractivity contribution in [3.63, 3.8) is 0 Å². The van der Waals surface area contributed by atoms with Crippen LogP contribution in [0.2, 0.25) is 10.0 Å². The summed E-state index contributed by atoms with van der Waals surface area (Å²) in [6, 6.07) is 14.6. The van der Waals surface area contributed by atoms with Crippen LogP contribution in [0.4, 0.5) is 11.4 Å². The third kappa shape index (κ3) is 5.03. The summed E-state index contributed by atoms with van der Waals surface area (Å²) >= 11 is 11.8. The molecule has 2 aromatic carbocycles. The van der Waals surface area contributed by atoms with Gasteiger partial charge in [-0.3, -0.25) is 4.79 Å². The molecule has 0 saturated carbocycles. The lowest BCUT2D eigenvalue weighted by molar-refractivity contribution is -0.112. The highest BCUT2D eigenvalue weighted by atomic mass is 35.5. The van der Waals surface area contributed by atoms with E-state index in [2.05, 4.69) is 10.2 Å². The minimum absolute atomic E-state index is 0.0202. The Labute approximate surface area is 169 Å². The zero-order chi connectivity index (χ0) is 19.2. The Morgan fingerprint density at radius 1 is 1.04 bits per heavy atom. The van der Waals surface area contributed by atoms with E-state index in [1.807, 2.05) is 30.3 Å². The zero-order valence-electron chi connectivity index (χ0n) is 14.7. The second kappa shape index (κ2) is 8.94. The minimum Gasteiger partial charge on any atom is -0.372 e. The van der Waals surface area contributed by atoms with Gasteiger partial charge in [0.05, 0.1) is 10.0 Å². The van der Waals surface area contributed by atoms with Crippen molar-refractivity contribution in [2.75, 3.05) is 23.3 Å². The Morgan fingerprint density at radius 2 is 1.74 bits per heavy atom. The van der Waals surface area contributed by atoms with Crippen LogP contribution in [0.15, 0.2) is 48.0 Å². The Kier molecular flexibility index (Phi) is 6.39. The maximum Gasteiger partial charge on any atom is 0.266 e. The van der Waals surface area contributed by atoms with E-state index in [9.17, 15) is 10.1 Å². The Bertz CT molecular complexity index is 895. The van der Waals surface area contributed by atoms with E-state index in [1.165, 1.54) is 24.9 Å². The van der Waals surface area contributed by atoms with Crippen LogP contribution >= 0.6 is 23.2 Å². The highest BCUT2D eigenvalue weighted by molar-refractivity contribution is 6.42. The molecule has 0 unspecified atom stereocenters. The van der Waals surface area contributed by atoms with E-state index in [4.69, 9.17) is 23.2 Å². The monoisotopic (exact) mass is 399 g/mol. The third-order valence-corrected chi connectivity index (χ3v) is 5.21. The molecule has 2 aromatic rings. The van der Waals surface area contributed by atoms with E-state index in [0.29, 0.717) is 15.7 Å². The first-order chi connectivity index (χ1) is 13.1. The van der Waals surface area contributed by atoms with Crippen molar-refractivity contribution in [3.05, 3.63) is 63.6 Å². The van der Waals surface area contributed by atoms with Crippen molar-refractivity contribution in [1.82, 2.24) is 0 Å². The largest absolute Gasteiger partial charge is 0.372 e. The molecule has 0 bridgehead atoms. The molecule has 138 valence electrons. The lowest BCUT2D eigenvalue weighted by Crippen LogP contribution is -2.29. The van der Waals surface area contributed by atoms with Crippen LogP contribution in [-0.4, -0.2) is 19.0 Å². The SMILES string of the molecule is N#C/C(=C\c1ccc(N2CCCCC2)cc1)C(=O)Nc1ccc(Cl)c(Cl)c1. The molecule has 1 heterocycles. The van der Waals surface area contributed by atoms with Crippen LogP contribution in [0, 0.1) is 11.3 Å². The van der Waals surface area contributed by atoms with Crippen LogP contribution in [0.5, 0.6) is 0 Å². The summed E-state index contributed by atoms with van der Waals surface area (Å²) in [7, 11) is 0. The van der Waals surface area contributed by atoms with Crippen LogP contribution in [0.25, 0.3) is 6.08 Å². The fourth-order valence-electron chi connectivity index (χ4n) is 3.02. The number of halogens is 2. The first-order valence-electron chi connectivity index (χ1n) is 8.80. The van der Waals surface area contributed by atoms with Gasteiger partial charge in [-0.2, -0.15) is 5.26 Å². The maximum absolute atomic E-state index is 12.4. The van der Waals surface area contributed by atoms with Crippen LogP contribution in [-0.2, 0) is 4.79 Å². The average molecular weight is 400 g/mol. The highest BCUT2D eigenvalue weighted by Gasteiger charge is 2.12. The molecule has 1 N–H and O–H groups in total. The Morgan fingerprint density at radius 3 is 2.37 bits per heavy atom. The number of hydrogen-bond acceptors (Lipinski definition) is 3. The lowest BCUT2D eigenvalue weighted by Gasteiger charge is -2.28.